The second-order valence-corrected chi connectivity index (χ2v) is 5.14. The van der Waals surface area contributed by atoms with E-state index in [1.54, 1.807) is 0 Å². The lowest BCUT2D eigenvalue weighted by Gasteiger charge is -2.22. The molecule has 94 valence electrons. The number of benzene rings is 1. The molecule has 0 radical (unpaired) electrons. The maximum Gasteiger partial charge on any atom is 0.0307 e. The molecule has 1 aromatic carbocycles. The molecule has 0 heterocycles. The van der Waals surface area contributed by atoms with Gasteiger partial charge in [0.15, 0.2) is 0 Å². The van der Waals surface area contributed by atoms with Gasteiger partial charge < -0.3 is 10.6 Å². The van der Waals surface area contributed by atoms with E-state index in [0.717, 1.165) is 25.4 Å². The Kier molecular flexibility index (Phi) is 4.57. The van der Waals surface area contributed by atoms with Crippen LogP contribution in [0.15, 0.2) is 30.3 Å². The van der Waals surface area contributed by atoms with E-state index in [-0.39, 0.29) is 6.04 Å². The minimum absolute atomic E-state index is 0.185. The summed E-state index contributed by atoms with van der Waals surface area (Å²) in [4.78, 5) is 2.54. The fourth-order valence-electron chi connectivity index (χ4n) is 2.23. The zero-order valence-electron chi connectivity index (χ0n) is 10.8. The summed E-state index contributed by atoms with van der Waals surface area (Å²) in [5.41, 5.74) is 7.48. The monoisotopic (exact) mass is 232 g/mol. The van der Waals surface area contributed by atoms with E-state index in [9.17, 15) is 0 Å². The van der Waals surface area contributed by atoms with Crippen LogP contribution in [0.2, 0.25) is 0 Å². The van der Waals surface area contributed by atoms with Crippen molar-refractivity contribution in [3.05, 3.63) is 35.9 Å². The number of hydrogen-bond donors (Lipinski definition) is 1. The topological polar surface area (TPSA) is 29.3 Å². The predicted molar refractivity (Wildman–Crippen MR) is 72.8 cm³/mol. The van der Waals surface area contributed by atoms with Gasteiger partial charge in [-0.25, -0.2) is 0 Å². The summed E-state index contributed by atoms with van der Waals surface area (Å²) < 4.78 is 0. The molecule has 0 saturated heterocycles. The molecule has 0 aliphatic heterocycles. The molecule has 1 saturated carbocycles. The minimum Gasteiger partial charge on any atom is -0.324 e. The second kappa shape index (κ2) is 6.18. The molecule has 17 heavy (non-hydrogen) atoms. The average molecular weight is 232 g/mol. The van der Waals surface area contributed by atoms with Crippen molar-refractivity contribution in [3.8, 4) is 0 Å². The normalized spacial score (nSPS) is 17.4. The van der Waals surface area contributed by atoms with E-state index in [1.807, 2.05) is 6.07 Å². The highest BCUT2D eigenvalue weighted by Crippen LogP contribution is 2.29. The molecule has 1 aromatic rings. The Morgan fingerprint density at radius 3 is 2.59 bits per heavy atom. The number of rotatable bonds is 7. The van der Waals surface area contributed by atoms with Gasteiger partial charge in [0.25, 0.3) is 0 Å². The molecule has 2 rings (SSSR count). The van der Waals surface area contributed by atoms with Crippen LogP contribution in [0.1, 0.15) is 37.8 Å². The summed E-state index contributed by atoms with van der Waals surface area (Å²) >= 11 is 0. The maximum atomic E-state index is 6.22. The van der Waals surface area contributed by atoms with Crippen molar-refractivity contribution in [2.24, 2.45) is 11.7 Å². The average Bonchev–Trinajstić information content (AvgIpc) is 3.19. The Balaban J connectivity index is 1.76. The van der Waals surface area contributed by atoms with Gasteiger partial charge in [0.1, 0.15) is 0 Å². The molecule has 2 nitrogen and oxygen atoms in total. The molecule has 1 aliphatic rings. The van der Waals surface area contributed by atoms with Crippen LogP contribution in [-0.2, 0) is 0 Å². The molecule has 1 fully saturated rings. The van der Waals surface area contributed by atoms with E-state index < -0.39 is 0 Å². The highest BCUT2D eigenvalue weighted by Gasteiger charge is 2.23. The number of nitrogens with zero attached hydrogens (tertiary/aromatic N) is 1. The van der Waals surface area contributed by atoms with E-state index in [4.69, 9.17) is 5.73 Å². The highest BCUT2D eigenvalue weighted by molar-refractivity contribution is 5.18. The van der Waals surface area contributed by atoms with Crippen molar-refractivity contribution in [1.29, 1.82) is 0 Å². The SMILES string of the molecule is CCN(CCC(N)c1ccccc1)CC1CC1. The molecule has 1 unspecified atom stereocenters. The van der Waals surface area contributed by atoms with E-state index >= 15 is 0 Å². The molecule has 1 atom stereocenters. The Labute approximate surface area is 105 Å². The van der Waals surface area contributed by atoms with Crippen LogP contribution in [0, 0.1) is 5.92 Å². The zero-order chi connectivity index (χ0) is 12.1. The van der Waals surface area contributed by atoms with Crippen LogP contribution in [0.25, 0.3) is 0 Å². The standard InChI is InChI=1S/C15H24N2/c1-2-17(12-13-8-9-13)11-10-15(16)14-6-4-3-5-7-14/h3-7,13,15H,2,8-12,16H2,1H3. The molecular weight excluding hydrogens is 208 g/mol. The van der Waals surface area contributed by atoms with Gasteiger partial charge in [0, 0.05) is 12.6 Å². The van der Waals surface area contributed by atoms with E-state index in [1.165, 1.54) is 24.9 Å². The molecule has 2 N–H and O–H groups in total. The third kappa shape index (κ3) is 4.14. The van der Waals surface area contributed by atoms with Crippen molar-refractivity contribution in [1.82, 2.24) is 4.90 Å². The molecule has 0 aromatic heterocycles. The van der Waals surface area contributed by atoms with Gasteiger partial charge >= 0.3 is 0 Å². The summed E-state index contributed by atoms with van der Waals surface area (Å²) in [5, 5.41) is 0. The van der Waals surface area contributed by atoms with Crippen LogP contribution >= 0.6 is 0 Å². The van der Waals surface area contributed by atoms with E-state index in [2.05, 4.69) is 36.1 Å². The third-order valence-corrected chi connectivity index (χ3v) is 3.64. The Morgan fingerprint density at radius 2 is 2.00 bits per heavy atom. The molecular formula is C15H24N2. The first-order valence-electron chi connectivity index (χ1n) is 6.82. The van der Waals surface area contributed by atoms with Crippen LogP contribution < -0.4 is 5.73 Å². The first kappa shape index (κ1) is 12.6. The first-order chi connectivity index (χ1) is 8.29. The second-order valence-electron chi connectivity index (χ2n) is 5.14. The van der Waals surface area contributed by atoms with Crippen molar-refractivity contribution >= 4 is 0 Å². The summed E-state index contributed by atoms with van der Waals surface area (Å²) in [6, 6.07) is 10.6. The first-order valence-corrected chi connectivity index (χ1v) is 6.82. The van der Waals surface area contributed by atoms with Gasteiger partial charge in [0.2, 0.25) is 0 Å². The van der Waals surface area contributed by atoms with Gasteiger partial charge in [0.05, 0.1) is 0 Å². The summed E-state index contributed by atoms with van der Waals surface area (Å²) in [6.45, 7) is 5.80. The van der Waals surface area contributed by atoms with Crippen molar-refractivity contribution < 1.29 is 0 Å². The fraction of sp³-hybridized carbons (Fsp3) is 0.600. The predicted octanol–water partition coefficient (Wildman–Crippen LogP) is 2.81. The van der Waals surface area contributed by atoms with Crippen molar-refractivity contribution in [2.45, 2.75) is 32.2 Å². The molecule has 1 aliphatic carbocycles. The summed E-state index contributed by atoms with van der Waals surface area (Å²) in [6.07, 6.45) is 3.92. The Hall–Kier alpha value is -0.860. The lowest BCUT2D eigenvalue weighted by Crippen LogP contribution is -2.29. The zero-order valence-corrected chi connectivity index (χ0v) is 10.8. The van der Waals surface area contributed by atoms with Gasteiger partial charge in [-0.1, -0.05) is 37.3 Å². The van der Waals surface area contributed by atoms with Crippen molar-refractivity contribution in [2.75, 3.05) is 19.6 Å². The summed E-state index contributed by atoms with van der Waals surface area (Å²) in [7, 11) is 0. The molecule has 0 bridgehead atoms. The largest absolute Gasteiger partial charge is 0.324 e. The molecule has 0 spiro atoms. The molecule has 0 amide bonds. The van der Waals surface area contributed by atoms with Crippen molar-refractivity contribution in [3.63, 3.8) is 0 Å². The van der Waals surface area contributed by atoms with Gasteiger partial charge in [-0.3, -0.25) is 0 Å². The number of nitrogens with two attached hydrogens (primary N) is 1. The van der Waals surface area contributed by atoms with Crippen LogP contribution in [0.3, 0.4) is 0 Å². The van der Waals surface area contributed by atoms with Crippen LogP contribution in [-0.4, -0.2) is 24.5 Å². The maximum absolute atomic E-state index is 6.22. The van der Waals surface area contributed by atoms with Crippen LogP contribution in [0.5, 0.6) is 0 Å². The minimum atomic E-state index is 0.185. The summed E-state index contributed by atoms with van der Waals surface area (Å²) in [5.74, 6) is 0.975. The van der Waals surface area contributed by atoms with Gasteiger partial charge in [-0.15, -0.1) is 0 Å². The molecule has 2 heteroatoms. The Morgan fingerprint density at radius 1 is 1.29 bits per heavy atom. The third-order valence-electron chi connectivity index (χ3n) is 3.64. The van der Waals surface area contributed by atoms with E-state index in [0.29, 0.717) is 0 Å². The van der Waals surface area contributed by atoms with Gasteiger partial charge in [-0.2, -0.15) is 0 Å². The van der Waals surface area contributed by atoms with Gasteiger partial charge in [-0.05, 0) is 43.8 Å². The fourth-order valence-corrected chi connectivity index (χ4v) is 2.23. The quantitative estimate of drug-likeness (QED) is 0.783. The smallest absolute Gasteiger partial charge is 0.0307 e. The number of hydrogen-bond acceptors (Lipinski definition) is 2. The highest BCUT2D eigenvalue weighted by atomic mass is 15.1. The van der Waals surface area contributed by atoms with Crippen LogP contribution in [0.4, 0.5) is 0 Å². The Bertz CT molecular complexity index is 319. The lowest BCUT2D eigenvalue weighted by atomic mass is 10.0. The lowest BCUT2D eigenvalue weighted by molar-refractivity contribution is 0.266.